The number of aromatic nitrogens is 2. The van der Waals surface area contributed by atoms with Crippen LogP contribution in [0.2, 0.25) is 0 Å². The molecular formula is C16H22FN3O. The first kappa shape index (κ1) is 15.6. The molecule has 0 bridgehead atoms. The van der Waals surface area contributed by atoms with Gasteiger partial charge in [0, 0.05) is 18.9 Å². The molecular weight excluding hydrogens is 269 g/mol. The molecule has 2 rings (SSSR count). The van der Waals surface area contributed by atoms with Crippen LogP contribution in [0.25, 0.3) is 0 Å². The van der Waals surface area contributed by atoms with E-state index in [1.807, 2.05) is 6.07 Å². The van der Waals surface area contributed by atoms with Gasteiger partial charge in [-0.2, -0.15) is 4.98 Å². The Kier molecular flexibility index (Phi) is 5.87. The van der Waals surface area contributed by atoms with Crippen molar-refractivity contribution in [2.75, 3.05) is 6.54 Å². The maximum absolute atomic E-state index is 13.1. The van der Waals surface area contributed by atoms with E-state index in [4.69, 9.17) is 4.52 Å². The molecule has 1 aromatic carbocycles. The van der Waals surface area contributed by atoms with Gasteiger partial charge in [0.15, 0.2) is 5.82 Å². The maximum atomic E-state index is 13.1. The summed E-state index contributed by atoms with van der Waals surface area (Å²) in [5, 5.41) is 7.43. The molecule has 0 aliphatic heterocycles. The first-order valence-corrected chi connectivity index (χ1v) is 7.50. The molecule has 5 heteroatoms. The summed E-state index contributed by atoms with van der Waals surface area (Å²) in [5.41, 5.74) is 0.846. The zero-order valence-corrected chi connectivity index (χ0v) is 12.6. The summed E-state index contributed by atoms with van der Waals surface area (Å²) in [5.74, 6) is 0.990. The third kappa shape index (κ3) is 4.93. The Balaban J connectivity index is 1.94. The Hall–Kier alpha value is -1.75. The van der Waals surface area contributed by atoms with Gasteiger partial charge >= 0.3 is 0 Å². The van der Waals surface area contributed by atoms with Crippen LogP contribution in [0.1, 0.15) is 44.0 Å². The molecule has 0 saturated heterocycles. The van der Waals surface area contributed by atoms with Crippen LogP contribution in [-0.4, -0.2) is 22.7 Å². The summed E-state index contributed by atoms with van der Waals surface area (Å²) in [7, 11) is 0. The average molecular weight is 291 g/mol. The van der Waals surface area contributed by atoms with Crippen LogP contribution in [0.5, 0.6) is 0 Å². The van der Waals surface area contributed by atoms with Gasteiger partial charge in [-0.05, 0) is 37.1 Å². The van der Waals surface area contributed by atoms with Gasteiger partial charge < -0.3 is 9.84 Å². The molecule has 1 N–H and O–H groups in total. The molecule has 114 valence electrons. The second-order valence-electron chi connectivity index (χ2n) is 5.17. The van der Waals surface area contributed by atoms with Crippen molar-refractivity contribution in [3.63, 3.8) is 0 Å². The third-order valence-corrected chi connectivity index (χ3v) is 3.36. The molecule has 21 heavy (non-hydrogen) atoms. The van der Waals surface area contributed by atoms with Crippen molar-refractivity contribution in [2.24, 2.45) is 0 Å². The lowest BCUT2D eigenvalue weighted by molar-refractivity contribution is 0.350. The monoisotopic (exact) mass is 291 g/mol. The molecule has 1 atom stereocenters. The van der Waals surface area contributed by atoms with E-state index >= 15 is 0 Å². The van der Waals surface area contributed by atoms with E-state index in [2.05, 4.69) is 29.3 Å². The number of nitrogens with one attached hydrogen (secondary N) is 1. The van der Waals surface area contributed by atoms with Gasteiger partial charge in [-0.3, -0.25) is 0 Å². The fourth-order valence-corrected chi connectivity index (χ4v) is 2.19. The highest BCUT2D eigenvalue weighted by atomic mass is 19.1. The van der Waals surface area contributed by atoms with Crippen molar-refractivity contribution < 1.29 is 8.91 Å². The van der Waals surface area contributed by atoms with E-state index in [-0.39, 0.29) is 5.82 Å². The number of halogens is 1. The van der Waals surface area contributed by atoms with E-state index in [9.17, 15) is 4.39 Å². The zero-order valence-electron chi connectivity index (χ0n) is 12.6. The lowest BCUT2D eigenvalue weighted by atomic mass is 10.1. The van der Waals surface area contributed by atoms with E-state index in [1.165, 1.54) is 12.1 Å². The lowest BCUT2D eigenvalue weighted by Crippen LogP contribution is -2.31. The molecule has 0 radical (unpaired) electrons. The summed E-state index contributed by atoms with van der Waals surface area (Å²) in [6.45, 7) is 5.27. The summed E-state index contributed by atoms with van der Waals surface area (Å²) in [6.07, 6.45) is 3.33. The molecule has 0 amide bonds. The topological polar surface area (TPSA) is 51.0 Å². The van der Waals surface area contributed by atoms with Gasteiger partial charge in [0.2, 0.25) is 5.89 Å². The first-order chi connectivity index (χ1) is 10.2. The summed E-state index contributed by atoms with van der Waals surface area (Å²) in [6, 6.07) is 6.82. The van der Waals surface area contributed by atoms with Gasteiger partial charge in [0.05, 0.1) is 0 Å². The van der Waals surface area contributed by atoms with E-state index in [0.717, 1.165) is 31.4 Å². The van der Waals surface area contributed by atoms with E-state index in [0.29, 0.717) is 24.2 Å². The number of rotatable bonds is 8. The minimum Gasteiger partial charge on any atom is -0.339 e. The Bertz CT molecular complexity index is 556. The van der Waals surface area contributed by atoms with Crippen LogP contribution in [-0.2, 0) is 12.8 Å². The Morgan fingerprint density at radius 3 is 2.90 bits per heavy atom. The molecule has 1 unspecified atom stereocenters. The minimum atomic E-state index is -0.244. The second-order valence-corrected chi connectivity index (χ2v) is 5.17. The van der Waals surface area contributed by atoms with Gasteiger partial charge in [-0.1, -0.05) is 31.1 Å². The van der Waals surface area contributed by atoms with Crippen LogP contribution in [0.15, 0.2) is 28.8 Å². The van der Waals surface area contributed by atoms with Crippen molar-refractivity contribution in [1.29, 1.82) is 0 Å². The highest BCUT2D eigenvalue weighted by Gasteiger charge is 2.13. The van der Waals surface area contributed by atoms with Crippen molar-refractivity contribution >= 4 is 0 Å². The molecule has 0 fully saturated rings. The quantitative estimate of drug-likeness (QED) is 0.812. The van der Waals surface area contributed by atoms with Gasteiger partial charge in [-0.25, -0.2) is 4.39 Å². The molecule has 0 aliphatic rings. The fraction of sp³-hybridized carbons (Fsp3) is 0.500. The number of benzene rings is 1. The van der Waals surface area contributed by atoms with Crippen LogP contribution < -0.4 is 5.32 Å². The maximum Gasteiger partial charge on any atom is 0.228 e. The smallest absolute Gasteiger partial charge is 0.228 e. The Labute approximate surface area is 124 Å². The number of hydrogen-bond donors (Lipinski definition) is 1. The Morgan fingerprint density at radius 2 is 2.19 bits per heavy atom. The molecule has 2 aromatic rings. The first-order valence-electron chi connectivity index (χ1n) is 7.50. The molecule has 0 aliphatic carbocycles. The highest BCUT2D eigenvalue weighted by molar-refractivity contribution is 5.19. The van der Waals surface area contributed by atoms with E-state index in [1.54, 1.807) is 6.07 Å². The summed E-state index contributed by atoms with van der Waals surface area (Å²) >= 11 is 0. The summed E-state index contributed by atoms with van der Waals surface area (Å²) in [4.78, 5) is 4.39. The van der Waals surface area contributed by atoms with Crippen molar-refractivity contribution in [2.45, 2.75) is 45.6 Å². The van der Waals surface area contributed by atoms with Crippen molar-refractivity contribution in [3.8, 4) is 0 Å². The lowest BCUT2D eigenvalue weighted by Gasteiger charge is -2.13. The van der Waals surface area contributed by atoms with Crippen molar-refractivity contribution in [3.05, 3.63) is 47.4 Å². The standard InChI is InChI=1S/C16H22FN3O/c1-3-8-18-14(4-2)11-16-19-15(20-21-16)10-12-6-5-7-13(17)9-12/h5-7,9,14,18H,3-4,8,10-11H2,1-2H3. The SMILES string of the molecule is CCCNC(CC)Cc1nc(Cc2cccc(F)c2)no1. The van der Waals surface area contributed by atoms with Crippen LogP contribution in [0.3, 0.4) is 0 Å². The zero-order chi connectivity index (χ0) is 15.1. The molecule has 4 nitrogen and oxygen atoms in total. The second kappa shape index (κ2) is 7.88. The van der Waals surface area contributed by atoms with Gasteiger partial charge in [0.1, 0.15) is 5.82 Å². The van der Waals surface area contributed by atoms with Gasteiger partial charge in [0.25, 0.3) is 0 Å². The average Bonchev–Trinajstić information content (AvgIpc) is 2.90. The van der Waals surface area contributed by atoms with Gasteiger partial charge in [-0.15, -0.1) is 0 Å². The predicted octanol–water partition coefficient (Wildman–Crippen LogP) is 3.12. The Morgan fingerprint density at radius 1 is 1.33 bits per heavy atom. The number of hydrogen-bond acceptors (Lipinski definition) is 4. The van der Waals surface area contributed by atoms with E-state index < -0.39 is 0 Å². The summed E-state index contributed by atoms with van der Waals surface area (Å²) < 4.78 is 18.4. The van der Waals surface area contributed by atoms with Crippen LogP contribution in [0, 0.1) is 5.82 Å². The third-order valence-electron chi connectivity index (χ3n) is 3.36. The van der Waals surface area contributed by atoms with Crippen LogP contribution >= 0.6 is 0 Å². The molecule has 0 saturated carbocycles. The minimum absolute atomic E-state index is 0.244. The molecule has 0 spiro atoms. The normalized spacial score (nSPS) is 12.5. The van der Waals surface area contributed by atoms with Crippen LogP contribution in [0.4, 0.5) is 4.39 Å². The molecule has 1 aromatic heterocycles. The predicted molar refractivity (Wildman–Crippen MR) is 79.6 cm³/mol. The fourth-order valence-electron chi connectivity index (χ4n) is 2.19. The highest BCUT2D eigenvalue weighted by Crippen LogP contribution is 2.10. The van der Waals surface area contributed by atoms with Crippen molar-refractivity contribution in [1.82, 2.24) is 15.5 Å². The molecule has 1 heterocycles. The largest absolute Gasteiger partial charge is 0.339 e. The number of nitrogens with zero attached hydrogens (tertiary/aromatic N) is 2.